The van der Waals surface area contributed by atoms with Gasteiger partial charge in [-0.15, -0.1) is 0 Å². The van der Waals surface area contributed by atoms with E-state index >= 15 is 0 Å². The van der Waals surface area contributed by atoms with E-state index in [-0.39, 0.29) is 6.61 Å². The monoisotopic (exact) mass is 176 g/mol. The second-order valence-corrected chi connectivity index (χ2v) is 2.36. The zero-order chi connectivity index (χ0) is 9.56. The lowest BCUT2D eigenvalue weighted by molar-refractivity contribution is -0.160. The summed E-state index contributed by atoms with van der Waals surface area (Å²) in [6, 6.07) is 0. The van der Waals surface area contributed by atoms with Crippen LogP contribution in [0.15, 0.2) is 0 Å². The summed E-state index contributed by atoms with van der Waals surface area (Å²) in [6.45, 7) is 5.86. The van der Waals surface area contributed by atoms with Crippen LogP contribution >= 0.6 is 0 Å². The Kier molecular flexibility index (Phi) is 5.66. The first-order valence-electron chi connectivity index (χ1n) is 4.09. The van der Waals surface area contributed by atoms with Crippen molar-refractivity contribution in [2.75, 3.05) is 13.2 Å². The van der Waals surface area contributed by atoms with Crippen molar-refractivity contribution in [2.24, 2.45) is 0 Å². The topological polar surface area (TPSA) is 55.8 Å². The van der Waals surface area contributed by atoms with Gasteiger partial charge >= 0.3 is 5.97 Å². The maximum Gasteiger partial charge on any atom is 0.337 e. The predicted molar refractivity (Wildman–Crippen MR) is 43.7 cm³/mol. The number of carbonyl (C=O) groups is 1. The van der Waals surface area contributed by atoms with Gasteiger partial charge in [0.05, 0.1) is 12.7 Å². The van der Waals surface area contributed by atoms with E-state index in [1.54, 1.807) is 20.8 Å². The van der Waals surface area contributed by atoms with E-state index in [4.69, 9.17) is 4.74 Å². The Bertz CT molecular complexity index is 135. The van der Waals surface area contributed by atoms with Gasteiger partial charge in [-0.1, -0.05) is 0 Å². The van der Waals surface area contributed by atoms with Gasteiger partial charge in [0, 0.05) is 6.61 Å². The van der Waals surface area contributed by atoms with E-state index in [9.17, 15) is 9.90 Å². The molecule has 0 aromatic rings. The first-order chi connectivity index (χ1) is 5.63. The molecule has 72 valence electrons. The molecule has 0 aromatic heterocycles. The predicted octanol–water partition coefficient (Wildman–Crippen LogP) is 0.335. The van der Waals surface area contributed by atoms with Crippen LogP contribution in [0.3, 0.4) is 0 Å². The van der Waals surface area contributed by atoms with Gasteiger partial charge in [-0.25, -0.2) is 4.79 Å². The summed E-state index contributed by atoms with van der Waals surface area (Å²) < 4.78 is 9.62. The Hall–Kier alpha value is -0.610. The normalized spacial score (nSPS) is 15.3. The lowest BCUT2D eigenvalue weighted by Crippen LogP contribution is -2.35. The number of esters is 1. The van der Waals surface area contributed by atoms with Crippen molar-refractivity contribution < 1.29 is 19.4 Å². The molecule has 0 aromatic carbocycles. The van der Waals surface area contributed by atoms with Gasteiger partial charge in [0.2, 0.25) is 0 Å². The summed E-state index contributed by atoms with van der Waals surface area (Å²) in [5.74, 6) is -0.626. The van der Waals surface area contributed by atoms with E-state index in [0.29, 0.717) is 6.61 Å². The minimum absolute atomic E-state index is 0.273. The first-order valence-corrected chi connectivity index (χ1v) is 4.09. The average molecular weight is 176 g/mol. The summed E-state index contributed by atoms with van der Waals surface area (Å²) in [4.78, 5) is 10.9. The highest BCUT2D eigenvalue weighted by Gasteiger charge is 2.23. The number of hydrogen-bond donors (Lipinski definition) is 1. The van der Waals surface area contributed by atoms with Gasteiger partial charge in [-0.2, -0.15) is 0 Å². The van der Waals surface area contributed by atoms with Crippen LogP contribution in [-0.4, -0.2) is 36.5 Å². The van der Waals surface area contributed by atoms with Crippen LogP contribution in [0.5, 0.6) is 0 Å². The molecule has 0 unspecified atom stereocenters. The van der Waals surface area contributed by atoms with Gasteiger partial charge in [-0.3, -0.25) is 0 Å². The molecule has 1 N–H and O–H groups in total. The molecule has 0 spiro atoms. The quantitative estimate of drug-likeness (QED) is 0.613. The number of ether oxygens (including phenoxy) is 2. The lowest BCUT2D eigenvalue weighted by atomic mass is 10.2. The molecule has 4 nitrogen and oxygen atoms in total. The number of aliphatic hydroxyl groups excluding tert-OH is 1. The Morgan fingerprint density at radius 3 is 2.42 bits per heavy atom. The molecule has 0 saturated heterocycles. The summed E-state index contributed by atoms with van der Waals surface area (Å²) >= 11 is 0. The van der Waals surface area contributed by atoms with Crippen molar-refractivity contribution in [3.63, 3.8) is 0 Å². The van der Waals surface area contributed by atoms with Gasteiger partial charge in [0.1, 0.15) is 0 Å². The van der Waals surface area contributed by atoms with E-state index in [0.717, 1.165) is 0 Å². The zero-order valence-corrected chi connectivity index (χ0v) is 7.74. The molecule has 0 aliphatic rings. The Morgan fingerprint density at radius 1 is 1.42 bits per heavy atom. The highest BCUT2D eigenvalue weighted by atomic mass is 16.6. The molecule has 0 aliphatic heterocycles. The number of carbonyl (C=O) groups excluding carboxylic acids is 1. The molecule has 4 heteroatoms. The van der Waals surface area contributed by atoms with Gasteiger partial charge in [-0.05, 0) is 20.8 Å². The third-order valence-electron chi connectivity index (χ3n) is 1.40. The van der Waals surface area contributed by atoms with E-state index in [1.807, 2.05) is 0 Å². The Labute approximate surface area is 72.5 Å². The van der Waals surface area contributed by atoms with E-state index in [2.05, 4.69) is 4.74 Å². The van der Waals surface area contributed by atoms with E-state index in [1.165, 1.54) is 0 Å². The molecule has 0 bridgehead atoms. The van der Waals surface area contributed by atoms with Crippen LogP contribution in [0, 0.1) is 0 Å². The number of rotatable bonds is 5. The summed E-state index contributed by atoms with van der Waals surface area (Å²) in [5.41, 5.74) is 0. The highest BCUT2D eigenvalue weighted by Crippen LogP contribution is 2.00. The third-order valence-corrected chi connectivity index (χ3v) is 1.40. The molecule has 0 saturated carbocycles. The number of hydrogen-bond acceptors (Lipinski definition) is 4. The maximum absolute atomic E-state index is 10.9. The fourth-order valence-electron chi connectivity index (χ4n) is 0.773. The summed E-state index contributed by atoms with van der Waals surface area (Å²) in [5, 5.41) is 9.25. The van der Waals surface area contributed by atoms with Crippen molar-refractivity contribution in [1.82, 2.24) is 0 Å². The van der Waals surface area contributed by atoms with Gasteiger partial charge < -0.3 is 14.6 Å². The fraction of sp³-hybridized carbons (Fsp3) is 0.875. The Morgan fingerprint density at radius 2 is 2.00 bits per heavy atom. The van der Waals surface area contributed by atoms with Crippen molar-refractivity contribution in [3.8, 4) is 0 Å². The molecule has 0 amide bonds. The average Bonchev–Trinajstić information content (AvgIpc) is 2.04. The van der Waals surface area contributed by atoms with Gasteiger partial charge in [0.15, 0.2) is 6.10 Å². The minimum Gasteiger partial charge on any atom is -0.464 e. The van der Waals surface area contributed by atoms with Crippen LogP contribution in [0.4, 0.5) is 0 Å². The van der Waals surface area contributed by atoms with Crippen molar-refractivity contribution in [1.29, 1.82) is 0 Å². The molecule has 2 atom stereocenters. The molecular formula is C8H16O4. The van der Waals surface area contributed by atoms with Crippen LogP contribution in [-0.2, 0) is 14.3 Å². The van der Waals surface area contributed by atoms with Crippen LogP contribution in [0.1, 0.15) is 20.8 Å². The van der Waals surface area contributed by atoms with Crippen molar-refractivity contribution in [2.45, 2.75) is 33.0 Å². The molecule has 0 fully saturated rings. The summed E-state index contributed by atoms with van der Waals surface area (Å²) in [6.07, 6.45) is -1.68. The molecule has 0 rings (SSSR count). The third kappa shape index (κ3) is 3.69. The van der Waals surface area contributed by atoms with Crippen LogP contribution in [0.25, 0.3) is 0 Å². The zero-order valence-electron chi connectivity index (χ0n) is 7.74. The molecule has 0 aliphatic carbocycles. The standard InChI is InChI=1S/C8H16O4/c1-4-11-6(3)7(9)8(10)12-5-2/h6-7,9H,4-5H2,1-3H3/t6-,7-/m1/s1. The SMILES string of the molecule is CCOC(=O)[C@H](O)[C@@H](C)OCC. The first kappa shape index (κ1) is 11.4. The highest BCUT2D eigenvalue weighted by molar-refractivity contribution is 5.74. The second-order valence-electron chi connectivity index (χ2n) is 2.36. The lowest BCUT2D eigenvalue weighted by Gasteiger charge is -2.16. The Balaban J connectivity index is 3.82. The maximum atomic E-state index is 10.9. The molecule has 0 radical (unpaired) electrons. The fourth-order valence-corrected chi connectivity index (χ4v) is 0.773. The van der Waals surface area contributed by atoms with E-state index < -0.39 is 18.2 Å². The number of aliphatic hydroxyl groups is 1. The molecule has 12 heavy (non-hydrogen) atoms. The summed E-state index contributed by atoms with van der Waals surface area (Å²) in [7, 11) is 0. The van der Waals surface area contributed by atoms with Crippen molar-refractivity contribution in [3.05, 3.63) is 0 Å². The second kappa shape index (κ2) is 5.97. The minimum atomic E-state index is -1.18. The molecular weight excluding hydrogens is 160 g/mol. The smallest absolute Gasteiger partial charge is 0.337 e. The molecule has 0 heterocycles. The van der Waals surface area contributed by atoms with Crippen LogP contribution < -0.4 is 0 Å². The van der Waals surface area contributed by atoms with Crippen LogP contribution in [0.2, 0.25) is 0 Å². The van der Waals surface area contributed by atoms with Crippen molar-refractivity contribution >= 4 is 5.97 Å². The largest absolute Gasteiger partial charge is 0.464 e. The van der Waals surface area contributed by atoms with Gasteiger partial charge in [0.25, 0.3) is 0 Å².